The molecule has 2 aliphatic carbocycles. The van der Waals surface area contributed by atoms with Gasteiger partial charge in [-0.2, -0.15) is 0 Å². The number of rotatable bonds is 1. The summed E-state index contributed by atoms with van der Waals surface area (Å²) in [5.74, 6) is 1.68. The van der Waals surface area contributed by atoms with Crippen molar-refractivity contribution >= 4 is 0 Å². The Kier molecular flexibility index (Phi) is 2.79. The average molecular weight is 204 g/mol. The van der Waals surface area contributed by atoms with Crippen molar-refractivity contribution < 1.29 is 0 Å². The second kappa shape index (κ2) is 3.81. The summed E-state index contributed by atoms with van der Waals surface area (Å²) in [5.41, 5.74) is 3.60. The molecule has 15 heavy (non-hydrogen) atoms. The highest BCUT2D eigenvalue weighted by Crippen LogP contribution is 2.57. The molecule has 0 bridgehead atoms. The summed E-state index contributed by atoms with van der Waals surface area (Å²) < 4.78 is 0. The van der Waals surface area contributed by atoms with Gasteiger partial charge in [0.25, 0.3) is 0 Å². The predicted octanol–water partition coefficient (Wildman–Crippen LogP) is 4.73. The minimum atomic E-state index is 0.575. The smallest absolute Gasteiger partial charge is 0.0146 e. The Labute approximate surface area is 94.5 Å². The van der Waals surface area contributed by atoms with Crippen LogP contribution in [0, 0.1) is 17.3 Å². The molecule has 0 nitrogen and oxygen atoms in total. The minimum Gasteiger partial charge on any atom is -0.0998 e. The third kappa shape index (κ3) is 1.68. The molecule has 1 saturated carbocycles. The molecular formula is C15H24. The van der Waals surface area contributed by atoms with Gasteiger partial charge < -0.3 is 0 Å². The van der Waals surface area contributed by atoms with Crippen LogP contribution in [0.25, 0.3) is 0 Å². The zero-order chi connectivity index (χ0) is 11.1. The quantitative estimate of drug-likeness (QED) is 0.542. The lowest BCUT2D eigenvalue weighted by Crippen LogP contribution is -2.33. The summed E-state index contributed by atoms with van der Waals surface area (Å²) in [6.07, 6.45) is 9.29. The zero-order valence-corrected chi connectivity index (χ0v) is 10.5. The molecule has 0 aromatic rings. The van der Waals surface area contributed by atoms with Gasteiger partial charge in [-0.05, 0) is 63.2 Å². The van der Waals surface area contributed by atoms with Crippen LogP contribution in [-0.2, 0) is 0 Å². The van der Waals surface area contributed by atoms with Gasteiger partial charge in [0.15, 0.2) is 0 Å². The number of allylic oxidation sites excluding steroid dienone is 3. The van der Waals surface area contributed by atoms with E-state index in [-0.39, 0.29) is 0 Å². The Hall–Kier alpha value is -0.520. The van der Waals surface area contributed by atoms with E-state index in [1.54, 1.807) is 5.57 Å². The van der Waals surface area contributed by atoms with Crippen LogP contribution < -0.4 is 0 Å². The van der Waals surface area contributed by atoms with Crippen LogP contribution in [0.5, 0.6) is 0 Å². The summed E-state index contributed by atoms with van der Waals surface area (Å²) in [6.45, 7) is 11.2. The molecule has 0 aliphatic heterocycles. The first-order chi connectivity index (χ1) is 7.06. The first-order valence-electron chi connectivity index (χ1n) is 6.37. The first kappa shape index (κ1) is 11.0. The molecule has 2 rings (SSSR count). The molecule has 1 unspecified atom stereocenters. The summed E-state index contributed by atoms with van der Waals surface area (Å²) >= 11 is 0. The average Bonchev–Trinajstić information content (AvgIpc) is 2.50. The summed E-state index contributed by atoms with van der Waals surface area (Å²) in [5, 5.41) is 0. The lowest BCUT2D eigenvalue weighted by Gasteiger charge is -2.42. The SMILES string of the molecule is C=C(C)[C@H]1CC[C@@H](C)C12CC=C(C)CC2. The summed E-state index contributed by atoms with van der Waals surface area (Å²) in [6, 6.07) is 0. The van der Waals surface area contributed by atoms with E-state index in [9.17, 15) is 0 Å². The lowest BCUT2D eigenvalue weighted by molar-refractivity contribution is 0.142. The van der Waals surface area contributed by atoms with Gasteiger partial charge in [-0.15, -0.1) is 0 Å². The molecule has 3 atom stereocenters. The van der Waals surface area contributed by atoms with E-state index in [0.29, 0.717) is 5.41 Å². The summed E-state index contributed by atoms with van der Waals surface area (Å²) in [4.78, 5) is 0. The monoisotopic (exact) mass is 204 g/mol. The van der Waals surface area contributed by atoms with Crippen molar-refractivity contribution in [2.75, 3.05) is 0 Å². The molecule has 0 N–H and O–H groups in total. The maximum absolute atomic E-state index is 4.22. The van der Waals surface area contributed by atoms with Crippen molar-refractivity contribution in [1.29, 1.82) is 0 Å². The minimum absolute atomic E-state index is 0.575. The maximum atomic E-state index is 4.22. The molecule has 1 fully saturated rings. The fraction of sp³-hybridized carbons (Fsp3) is 0.733. The van der Waals surface area contributed by atoms with E-state index in [1.807, 2.05) is 0 Å². The second-order valence-electron chi connectivity index (χ2n) is 5.87. The van der Waals surface area contributed by atoms with E-state index in [2.05, 4.69) is 33.4 Å². The van der Waals surface area contributed by atoms with Crippen molar-refractivity contribution in [2.45, 2.75) is 52.9 Å². The molecule has 0 radical (unpaired) electrons. The van der Waals surface area contributed by atoms with Crippen molar-refractivity contribution in [3.8, 4) is 0 Å². The van der Waals surface area contributed by atoms with Gasteiger partial charge in [0, 0.05) is 0 Å². The van der Waals surface area contributed by atoms with E-state index in [1.165, 1.54) is 37.7 Å². The Morgan fingerprint density at radius 1 is 1.47 bits per heavy atom. The molecule has 0 heterocycles. The van der Waals surface area contributed by atoms with Gasteiger partial charge in [-0.3, -0.25) is 0 Å². The fourth-order valence-corrected chi connectivity index (χ4v) is 3.83. The number of hydrogen-bond acceptors (Lipinski definition) is 0. The van der Waals surface area contributed by atoms with Gasteiger partial charge in [0.1, 0.15) is 0 Å². The van der Waals surface area contributed by atoms with Crippen LogP contribution in [-0.4, -0.2) is 0 Å². The molecule has 84 valence electrons. The Balaban J connectivity index is 2.27. The molecule has 0 saturated heterocycles. The van der Waals surface area contributed by atoms with Crippen LogP contribution in [0.4, 0.5) is 0 Å². The molecule has 0 amide bonds. The highest BCUT2D eigenvalue weighted by atomic mass is 14.5. The normalized spacial score (nSPS) is 40.6. The van der Waals surface area contributed by atoms with E-state index in [0.717, 1.165) is 11.8 Å². The van der Waals surface area contributed by atoms with Crippen LogP contribution in [0.2, 0.25) is 0 Å². The van der Waals surface area contributed by atoms with Gasteiger partial charge in [-0.25, -0.2) is 0 Å². The van der Waals surface area contributed by atoms with Gasteiger partial charge in [0.2, 0.25) is 0 Å². The van der Waals surface area contributed by atoms with Crippen LogP contribution in [0.3, 0.4) is 0 Å². The number of hydrogen-bond donors (Lipinski definition) is 0. The topological polar surface area (TPSA) is 0 Å². The highest BCUT2D eigenvalue weighted by Gasteiger charge is 2.47. The van der Waals surface area contributed by atoms with Crippen molar-refractivity contribution in [1.82, 2.24) is 0 Å². The largest absolute Gasteiger partial charge is 0.0998 e. The zero-order valence-electron chi connectivity index (χ0n) is 10.5. The van der Waals surface area contributed by atoms with Crippen LogP contribution in [0.1, 0.15) is 52.9 Å². The van der Waals surface area contributed by atoms with Crippen molar-refractivity contribution in [3.05, 3.63) is 23.8 Å². The standard InChI is InChI=1S/C15H24/c1-11(2)14-6-5-13(4)15(14)9-7-12(3)8-10-15/h7,13-14H,1,5-6,8-10H2,2-4H3/t13-,14-,15?/m1/s1. The Morgan fingerprint density at radius 3 is 2.73 bits per heavy atom. The fourth-order valence-electron chi connectivity index (χ4n) is 3.83. The van der Waals surface area contributed by atoms with Gasteiger partial charge >= 0.3 is 0 Å². The molecular weight excluding hydrogens is 180 g/mol. The van der Waals surface area contributed by atoms with Crippen LogP contribution >= 0.6 is 0 Å². The third-order valence-corrected chi connectivity index (χ3v) is 4.97. The third-order valence-electron chi connectivity index (χ3n) is 4.97. The second-order valence-corrected chi connectivity index (χ2v) is 5.87. The molecule has 0 aromatic carbocycles. The van der Waals surface area contributed by atoms with Gasteiger partial charge in [0.05, 0.1) is 0 Å². The first-order valence-corrected chi connectivity index (χ1v) is 6.37. The molecule has 1 spiro atoms. The van der Waals surface area contributed by atoms with Crippen molar-refractivity contribution in [3.63, 3.8) is 0 Å². The van der Waals surface area contributed by atoms with E-state index >= 15 is 0 Å². The Bertz CT molecular complexity index is 297. The Morgan fingerprint density at radius 2 is 2.20 bits per heavy atom. The predicted molar refractivity (Wildman–Crippen MR) is 66.7 cm³/mol. The van der Waals surface area contributed by atoms with Crippen molar-refractivity contribution in [2.24, 2.45) is 17.3 Å². The van der Waals surface area contributed by atoms with Crippen LogP contribution in [0.15, 0.2) is 23.8 Å². The molecule has 2 aliphatic rings. The highest BCUT2D eigenvalue weighted by molar-refractivity contribution is 5.17. The van der Waals surface area contributed by atoms with Gasteiger partial charge in [-0.1, -0.05) is 30.7 Å². The summed E-state index contributed by atoms with van der Waals surface area (Å²) in [7, 11) is 0. The molecule has 0 heteroatoms. The maximum Gasteiger partial charge on any atom is -0.0146 e. The molecule has 0 aromatic heterocycles. The van der Waals surface area contributed by atoms with E-state index < -0.39 is 0 Å². The lowest BCUT2D eigenvalue weighted by atomic mass is 9.63. The van der Waals surface area contributed by atoms with E-state index in [4.69, 9.17) is 0 Å².